The predicted octanol–water partition coefficient (Wildman–Crippen LogP) is -1.78. The van der Waals surface area contributed by atoms with Crippen LogP contribution in [-0.2, 0) is 19.1 Å². The molecule has 1 heterocycles. The summed E-state index contributed by atoms with van der Waals surface area (Å²) in [7, 11) is 3.43. The number of rotatable bonds is 8. The lowest BCUT2D eigenvalue weighted by Gasteiger charge is -2.20. The second-order valence-corrected chi connectivity index (χ2v) is 4.87. The van der Waals surface area contributed by atoms with Crippen LogP contribution in [0, 0.1) is 0 Å². The number of methoxy groups -OCH3 is 1. The highest BCUT2D eigenvalue weighted by Crippen LogP contribution is 2.20. The van der Waals surface area contributed by atoms with E-state index in [2.05, 4.69) is 10.7 Å². The molecule has 0 saturated carbocycles. The van der Waals surface area contributed by atoms with Crippen LogP contribution in [0.1, 0.15) is 12.8 Å². The Kier molecular flexibility index (Phi) is 7.45. The smallest absolute Gasteiger partial charge is 0.263 e. The maximum atomic E-state index is 11.6. The van der Waals surface area contributed by atoms with E-state index in [-0.39, 0.29) is 24.5 Å². The number of hydrazine groups is 1. The maximum absolute atomic E-state index is 11.6. The molecule has 8 nitrogen and oxygen atoms in total. The average Bonchev–Trinajstić information content (AvgIpc) is 2.86. The second kappa shape index (κ2) is 8.85. The molecule has 1 aliphatic rings. The van der Waals surface area contributed by atoms with Gasteiger partial charge < -0.3 is 14.8 Å². The van der Waals surface area contributed by atoms with E-state index in [1.54, 1.807) is 7.11 Å². The summed E-state index contributed by atoms with van der Waals surface area (Å²) in [6.45, 7) is 1.89. The second-order valence-electron chi connectivity index (χ2n) is 4.87. The first-order valence-corrected chi connectivity index (χ1v) is 6.67. The van der Waals surface area contributed by atoms with Gasteiger partial charge >= 0.3 is 0 Å². The number of nitrogens with two attached hydrogens (primary N) is 1. The van der Waals surface area contributed by atoms with E-state index in [9.17, 15) is 9.59 Å². The summed E-state index contributed by atoms with van der Waals surface area (Å²) in [5.41, 5.74) is 2.09. The van der Waals surface area contributed by atoms with Crippen molar-refractivity contribution in [1.29, 1.82) is 0 Å². The van der Waals surface area contributed by atoms with Crippen LogP contribution >= 0.6 is 0 Å². The summed E-state index contributed by atoms with van der Waals surface area (Å²) in [6.07, 6.45) is 0.915. The van der Waals surface area contributed by atoms with E-state index in [1.165, 1.54) is 0 Å². The Labute approximate surface area is 118 Å². The first kappa shape index (κ1) is 16.8. The maximum Gasteiger partial charge on any atom is 0.263 e. The van der Waals surface area contributed by atoms with Crippen molar-refractivity contribution < 1.29 is 19.1 Å². The van der Waals surface area contributed by atoms with Crippen molar-refractivity contribution in [2.75, 3.05) is 40.4 Å². The third kappa shape index (κ3) is 5.83. The number of nitrogens with zero attached hydrogens (tertiary/aromatic N) is 1. The number of carbonyl (C=O) groups excluding carboxylic acids is 2. The lowest BCUT2D eigenvalue weighted by atomic mass is 10.2. The number of nitrogens with one attached hydrogen (secondary N) is 2. The molecule has 0 spiro atoms. The van der Waals surface area contributed by atoms with Crippen molar-refractivity contribution in [3.8, 4) is 0 Å². The van der Waals surface area contributed by atoms with Crippen LogP contribution in [0.2, 0.25) is 0 Å². The topological polar surface area (TPSA) is 106 Å². The number of hydrogen-bond acceptors (Lipinski definition) is 6. The van der Waals surface area contributed by atoms with Crippen LogP contribution < -0.4 is 16.6 Å². The van der Waals surface area contributed by atoms with E-state index >= 15 is 0 Å². The minimum Gasteiger partial charge on any atom is -0.383 e. The molecule has 4 N–H and O–H groups in total. The Morgan fingerprint density at radius 3 is 2.85 bits per heavy atom. The minimum absolute atomic E-state index is 0.0472. The van der Waals surface area contributed by atoms with Crippen LogP contribution in [0.25, 0.3) is 0 Å². The van der Waals surface area contributed by atoms with E-state index in [4.69, 9.17) is 15.3 Å². The summed E-state index contributed by atoms with van der Waals surface area (Å²) in [5, 5.41) is 2.75. The van der Waals surface area contributed by atoms with Crippen molar-refractivity contribution in [3.63, 3.8) is 0 Å². The molecule has 2 unspecified atom stereocenters. The molecule has 8 heteroatoms. The minimum atomic E-state index is -0.478. The Bertz CT molecular complexity index is 327. The number of amides is 2. The molecular weight excluding hydrogens is 264 g/mol. The third-order valence-electron chi connectivity index (χ3n) is 3.10. The standard InChI is InChI=1S/C12H24N4O4/c1-16(8-11(17)14-5-6-19-2)7-9-3-4-10(20-9)12(18)15-13/h9-10H,3-8,13H2,1-2H3,(H,14,17)(H,15,18). The fourth-order valence-corrected chi connectivity index (χ4v) is 2.13. The molecule has 0 aromatic heterocycles. The number of likely N-dealkylation sites (N-methyl/N-ethyl adjacent to an activating group) is 1. The molecule has 0 radical (unpaired) electrons. The highest BCUT2D eigenvalue weighted by atomic mass is 16.5. The van der Waals surface area contributed by atoms with Gasteiger partial charge in [0.05, 0.1) is 19.3 Å². The molecule has 20 heavy (non-hydrogen) atoms. The lowest BCUT2D eigenvalue weighted by molar-refractivity contribution is -0.133. The largest absolute Gasteiger partial charge is 0.383 e. The van der Waals surface area contributed by atoms with Gasteiger partial charge in [0.2, 0.25) is 5.91 Å². The molecule has 0 aliphatic carbocycles. The van der Waals surface area contributed by atoms with Gasteiger partial charge in [0.15, 0.2) is 0 Å². The molecule has 2 atom stereocenters. The quantitative estimate of drug-likeness (QED) is 0.211. The van der Waals surface area contributed by atoms with E-state index in [0.717, 1.165) is 6.42 Å². The summed E-state index contributed by atoms with van der Waals surface area (Å²) in [5.74, 6) is 4.71. The van der Waals surface area contributed by atoms with Crippen molar-refractivity contribution in [2.45, 2.75) is 25.0 Å². The summed E-state index contributed by atoms with van der Waals surface area (Å²) in [6, 6.07) is 0. The first-order chi connectivity index (χ1) is 9.56. The molecule has 1 saturated heterocycles. The lowest BCUT2D eigenvalue weighted by Crippen LogP contribution is -2.41. The van der Waals surface area contributed by atoms with Gasteiger partial charge in [-0.05, 0) is 19.9 Å². The van der Waals surface area contributed by atoms with Crippen molar-refractivity contribution in [3.05, 3.63) is 0 Å². The van der Waals surface area contributed by atoms with Gasteiger partial charge in [-0.2, -0.15) is 0 Å². The number of ether oxygens (including phenoxy) is 2. The Hall–Kier alpha value is -1.22. The fraction of sp³-hybridized carbons (Fsp3) is 0.833. The van der Waals surface area contributed by atoms with Crippen LogP contribution in [0.3, 0.4) is 0 Å². The van der Waals surface area contributed by atoms with Crippen LogP contribution in [-0.4, -0.2) is 69.3 Å². The van der Waals surface area contributed by atoms with Gasteiger partial charge in [0.25, 0.3) is 5.91 Å². The van der Waals surface area contributed by atoms with E-state index in [1.807, 2.05) is 11.9 Å². The van der Waals surface area contributed by atoms with Gasteiger partial charge in [-0.3, -0.25) is 19.9 Å². The Morgan fingerprint density at radius 2 is 2.20 bits per heavy atom. The van der Waals surface area contributed by atoms with Gasteiger partial charge in [0.1, 0.15) is 6.10 Å². The third-order valence-corrected chi connectivity index (χ3v) is 3.10. The van der Waals surface area contributed by atoms with Crippen molar-refractivity contribution in [2.24, 2.45) is 5.84 Å². The Balaban J connectivity index is 2.21. The normalized spacial score (nSPS) is 22.0. The summed E-state index contributed by atoms with van der Waals surface area (Å²) in [4.78, 5) is 24.8. The Morgan fingerprint density at radius 1 is 1.45 bits per heavy atom. The molecular formula is C12H24N4O4. The van der Waals surface area contributed by atoms with Gasteiger partial charge in [-0.1, -0.05) is 0 Å². The number of hydrogen-bond donors (Lipinski definition) is 3. The van der Waals surface area contributed by atoms with Gasteiger partial charge in [-0.25, -0.2) is 5.84 Å². The molecule has 1 aliphatic heterocycles. The van der Waals surface area contributed by atoms with Gasteiger partial charge in [0, 0.05) is 20.2 Å². The summed E-state index contributed by atoms with van der Waals surface area (Å²) >= 11 is 0. The zero-order valence-corrected chi connectivity index (χ0v) is 12.1. The first-order valence-electron chi connectivity index (χ1n) is 6.67. The molecule has 0 aromatic carbocycles. The molecule has 0 aromatic rings. The zero-order chi connectivity index (χ0) is 15.0. The molecule has 2 amide bonds. The summed E-state index contributed by atoms with van der Waals surface area (Å²) < 4.78 is 10.4. The zero-order valence-electron chi connectivity index (χ0n) is 12.1. The van der Waals surface area contributed by atoms with E-state index in [0.29, 0.717) is 26.1 Å². The van der Waals surface area contributed by atoms with Crippen LogP contribution in [0.15, 0.2) is 0 Å². The monoisotopic (exact) mass is 288 g/mol. The van der Waals surface area contributed by atoms with Crippen LogP contribution in [0.5, 0.6) is 0 Å². The highest BCUT2D eigenvalue weighted by Gasteiger charge is 2.30. The average molecular weight is 288 g/mol. The predicted molar refractivity (Wildman–Crippen MR) is 72.6 cm³/mol. The molecule has 1 rings (SSSR count). The SMILES string of the molecule is COCCNC(=O)CN(C)CC1CCC(C(=O)NN)O1. The number of carbonyl (C=O) groups is 2. The van der Waals surface area contributed by atoms with E-state index < -0.39 is 6.10 Å². The van der Waals surface area contributed by atoms with Crippen LogP contribution in [0.4, 0.5) is 0 Å². The molecule has 0 bridgehead atoms. The van der Waals surface area contributed by atoms with Crippen molar-refractivity contribution >= 4 is 11.8 Å². The van der Waals surface area contributed by atoms with Crippen molar-refractivity contribution in [1.82, 2.24) is 15.6 Å². The van der Waals surface area contributed by atoms with Gasteiger partial charge in [-0.15, -0.1) is 0 Å². The highest BCUT2D eigenvalue weighted by molar-refractivity contribution is 5.80. The molecule has 116 valence electrons. The molecule has 1 fully saturated rings. The fourth-order valence-electron chi connectivity index (χ4n) is 2.13.